The van der Waals surface area contributed by atoms with E-state index in [9.17, 15) is 4.79 Å². The van der Waals surface area contributed by atoms with E-state index in [2.05, 4.69) is 38.1 Å². The van der Waals surface area contributed by atoms with Crippen molar-refractivity contribution in [3.05, 3.63) is 78.0 Å². The molecule has 168 valence electrons. The molecule has 6 heteroatoms. The van der Waals surface area contributed by atoms with Gasteiger partial charge < -0.3 is 14.6 Å². The number of hydrogen-bond donors (Lipinski definition) is 1. The van der Waals surface area contributed by atoms with E-state index in [-0.39, 0.29) is 18.3 Å². The number of fused-ring (bicyclic) bond motifs is 1. The van der Waals surface area contributed by atoms with Crippen molar-refractivity contribution >= 4 is 16.6 Å². The lowest BCUT2D eigenvalue weighted by Crippen LogP contribution is -2.34. The summed E-state index contributed by atoms with van der Waals surface area (Å²) in [5, 5.41) is 5.45. The van der Waals surface area contributed by atoms with E-state index in [1.807, 2.05) is 56.7 Å². The van der Waals surface area contributed by atoms with E-state index >= 15 is 0 Å². The first-order valence-electron chi connectivity index (χ1n) is 11.4. The molecule has 1 fully saturated rings. The van der Waals surface area contributed by atoms with Crippen LogP contribution in [0.4, 0.5) is 0 Å². The molecule has 0 amide bonds. The quantitative estimate of drug-likeness (QED) is 0.447. The van der Waals surface area contributed by atoms with Gasteiger partial charge in [0.1, 0.15) is 17.7 Å². The zero-order valence-corrected chi connectivity index (χ0v) is 19.0. The summed E-state index contributed by atoms with van der Waals surface area (Å²) in [6, 6.07) is 15.8. The first kappa shape index (κ1) is 21.3. The molecule has 0 aliphatic carbocycles. The number of hydrogen-bond acceptors (Lipinski definition) is 5. The molecule has 1 saturated heterocycles. The Morgan fingerprint density at radius 1 is 1.06 bits per heavy atom. The second kappa shape index (κ2) is 9.16. The molecule has 5 rings (SSSR count). The molecule has 0 saturated carbocycles. The number of Topliss-reactive ketones (excluding diaryl/α,β-unsaturated/α-hetero) is 1. The predicted octanol–water partition coefficient (Wildman–Crippen LogP) is 4.50. The van der Waals surface area contributed by atoms with Crippen LogP contribution in [-0.4, -0.2) is 39.5 Å². The van der Waals surface area contributed by atoms with Crippen LogP contribution in [0.2, 0.25) is 0 Å². The van der Waals surface area contributed by atoms with E-state index in [0.29, 0.717) is 5.56 Å². The van der Waals surface area contributed by atoms with Gasteiger partial charge in [-0.25, -0.2) is 4.98 Å². The summed E-state index contributed by atoms with van der Waals surface area (Å²) in [5.74, 6) is 1.77. The molecular formula is C27H28N4O2. The van der Waals surface area contributed by atoms with Crippen LogP contribution in [0.3, 0.4) is 0 Å². The number of nitrogens with one attached hydrogen (secondary N) is 1. The Labute approximate surface area is 193 Å². The molecule has 0 spiro atoms. The lowest BCUT2D eigenvalue weighted by atomic mass is 10.0. The molecule has 1 aliphatic rings. The smallest absolute Gasteiger partial charge is 0.168 e. The topological polar surface area (TPSA) is 69.0 Å². The number of aryl methyl sites for hydroxylation is 1. The molecular weight excluding hydrogens is 412 g/mol. The third-order valence-electron chi connectivity index (χ3n) is 6.38. The predicted molar refractivity (Wildman–Crippen MR) is 130 cm³/mol. The molecule has 4 aromatic rings. The van der Waals surface area contributed by atoms with Crippen LogP contribution >= 0.6 is 0 Å². The third kappa shape index (κ3) is 4.66. The summed E-state index contributed by atoms with van der Waals surface area (Å²) in [5.41, 5.74) is 3.57. The van der Waals surface area contributed by atoms with Crippen LogP contribution in [0.25, 0.3) is 22.0 Å². The minimum atomic E-state index is 0.0380. The lowest BCUT2D eigenvalue weighted by Gasteiger charge is -2.24. The minimum absolute atomic E-state index is 0.0380. The van der Waals surface area contributed by atoms with Gasteiger partial charge in [-0.2, -0.15) is 0 Å². The van der Waals surface area contributed by atoms with Gasteiger partial charge in [0, 0.05) is 35.5 Å². The largest absolute Gasteiger partial charge is 0.490 e. The van der Waals surface area contributed by atoms with E-state index in [4.69, 9.17) is 4.74 Å². The van der Waals surface area contributed by atoms with Crippen molar-refractivity contribution in [1.82, 2.24) is 19.9 Å². The number of nitrogens with zero attached hydrogens (tertiary/aromatic N) is 3. The zero-order valence-electron chi connectivity index (χ0n) is 19.0. The average molecular weight is 441 g/mol. The Balaban J connectivity index is 1.34. The minimum Gasteiger partial charge on any atom is -0.490 e. The highest BCUT2D eigenvalue weighted by Crippen LogP contribution is 2.25. The highest BCUT2D eigenvalue weighted by atomic mass is 16.5. The van der Waals surface area contributed by atoms with Crippen LogP contribution in [0, 0.1) is 6.92 Å². The van der Waals surface area contributed by atoms with Gasteiger partial charge in [0.05, 0.1) is 18.3 Å². The van der Waals surface area contributed by atoms with E-state index in [0.717, 1.165) is 65.2 Å². The van der Waals surface area contributed by atoms with Gasteiger partial charge >= 0.3 is 0 Å². The highest BCUT2D eigenvalue weighted by Gasteiger charge is 2.16. The van der Waals surface area contributed by atoms with Crippen molar-refractivity contribution in [3.8, 4) is 17.0 Å². The van der Waals surface area contributed by atoms with Gasteiger partial charge in [-0.15, -0.1) is 0 Å². The zero-order chi connectivity index (χ0) is 22.8. The Bertz CT molecular complexity index is 1300. The highest BCUT2D eigenvalue weighted by molar-refractivity contribution is 5.98. The van der Waals surface area contributed by atoms with Crippen molar-refractivity contribution < 1.29 is 9.53 Å². The van der Waals surface area contributed by atoms with Crippen molar-refractivity contribution in [3.63, 3.8) is 0 Å². The fraction of sp³-hybridized carbons (Fsp3) is 0.296. The maximum absolute atomic E-state index is 13.0. The summed E-state index contributed by atoms with van der Waals surface area (Å²) in [4.78, 5) is 21.9. The van der Waals surface area contributed by atoms with Gasteiger partial charge in [-0.3, -0.25) is 9.78 Å². The van der Waals surface area contributed by atoms with Crippen LogP contribution in [-0.2, 0) is 13.5 Å². The Morgan fingerprint density at radius 2 is 1.91 bits per heavy atom. The van der Waals surface area contributed by atoms with Crippen molar-refractivity contribution in [2.75, 3.05) is 13.1 Å². The fourth-order valence-corrected chi connectivity index (χ4v) is 4.33. The first-order chi connectivity index (χ1) is 16.1. The van der Waals surface area contributed by atoms with Gasteiger partial charge in [0.2, 0.25) is 0 Å². The maximum Gasteiger partial charge on any atom is 0.168 e. The Morgan fingerprint density at radius 3 is 2.70 bits per heavy atom. The fourth-order valence-electron chi connectivity index (χ4n) is 4.33. The van der Waals surface area contributed by atoms with E-state index in [1.165, 1.54) is 0 Å². The molecule has 6 nitrogen and oxygen atoms in total. The standard InChI is InChI=1S/C27H28N4O2/c1-18-29-17-26(31(18)2)19-6-7-21-16-30-23(13-22(21)12-19)15-27(32)20-4-3-5-25(14-20)33-24-8-10-28-11-9-24/h3-7,12-14,16-17,24,28H,8-11,15H2,1-2H3. The molecule has 3 heterocycles. The van der Waals surface area contributed by atoms with Crippen LogP contribution in [0.1, 0.15) is 34.7 Å². The first-order valence-corrected chi connectivity index (χ1v) is 11.4. The molecule has 0 radical (unpaired) electrons. The molecule has 0 atom stereocenters. The van der Waals surface area contributed by atoms with E-state index < -0.39 is 0 Å². The number of ether oxygens (including phenoxy) is 1. The second-order valence-electron chi connectivity index (χ2n) is 8.68. The third-order valence-corrected chi connectivity index (χ3v) is 6.38. The monoisotopic (exact) mass is 440 g/mol. The summed E-state index contributed by atoms with van der Waals surface area (Å²) in [7, 11) is 2.02. The second-order valence-corrected chi connectivity index (χ2v) is 8.68. The summed E-state index contributed by atoms with van der Waals surface area (Å²) in [6.07, 6.45) is 6.16. The normalized spacial score (nSPS) is 14.5. The van der Waals surface area contributed by atoms with Crippen LogP contribution in [0.15, 0.2) is 60.9 Å². The van der Waals surface area contributed by atoms with Crippen molar-refractivity contribution in [1.29, 1.82) is 0 Å². The van der Waals surface area contributed by atoms with Crippen LogP contribution in [0.5, 0.6) is 5.75 Å². The number of benzene rings is 2. The number of carbonyl (C=O) groups is 1. The Kier molecular flexibility index (Phi) is 5.92. The molecule has 2 aromatic carbocycles. The average Bonchev–Trinajstić information content (AvgIpc) is 3.17. The van der Waals surface area contributed by atoms with Gasteiger partial charge in [0.25, 0.3) is 0 Å². The maximum atomic E-state index is 13.0. The van der Waals surface area contributed by atoms with Crippen LogP contribution < -0.4 is 10.1 Å². The number of piperidine rings is 1. The SMILES string of the molecule is Cc1ncc(-c2ccc3cnc(CC(=O)c4cccc(OC5CCNCC5)c4)cc3c2)n1C. The molecule has 0 bridgehead atoms. The number of rotatable bonds is 6. The molecule has 1 N–H and O–H groups in total. The number of imidazole rings is 1. The molecule has 33 heavy (non-hydrogen) atoms. The van der Waals surface area contributed by atoms with Gasteiger partial charge in [-0.1, -0.05) is 24.3 Å². The van der Waals surface area contributed by atoms with E-state index in [1.54, 1.807) is 0 Å². The number of pyridine rings is 1. The molecule has 0 unspecified atom stereocenters. The number of aromatic nitrogens is 3. The molecule has 1 aliphatic heterocycles. The Hall–Kier alpha value is -3.51. The molecule has 2 aromatic heterocycles. The number of carbonyl (C=O) groups excluding carboxylic acids is 1. The lowest BCUT2D eigenvalue weighted by molar-refractivity contribution is 0.0990. The van der Waals surface area contributed by atoms with Gasteiger partial charge in [0.15, 0.2) is 5.78 Å². The van der Waals surface area contributed by atoms with Gasteiger partial charge in [-0.05, 0) is 62.5 Å². The number of ketones is 1. The van der Waals surface area contributed by atoms with Crippen molar-refractivity contribution in [2.45, 2.75) is 32.3 Å². The summed E-state index contributed by atoms with van der Waals surface area (Å²) < 4.78 is 8.18. The summed E-state index contributed by atoms with van der Waals surface area (Å²) in [6.45, 7) is 3.93. The van der Waals surface area contributed by atoms with Crippen molar-refractivity contribution in [2.24, 2.45) is 7.05 Å². The summed E-state index contributed by atoms with van der Waals surface area (Å²) >= 11 is 0.